The van der Waals surface area contributed by atoms with Crippen LogP contribution in [0.3, 0.4) is 0 Å². The highest BCUT2D eigenvalue weighted by Gasteiger charge is 2.25. The number of aromatic carboxylic acids is 1. The van der Waals surface area contributed by atoms with Crippen LogP contribution in [0.5, 0.6) is 5.88 Å². The first kappa shape index (κ1) is 17.8. The standard InChI is InChI=1S/C20H19ClN2O4/c21-17-8-15(9-22-18(17)27-11-12-1-2-12)19(24)23-6-5-13-3-4-14(20(25)26)7-16(13)10-23/h3-4,7-9,12H,1-2,5-6,10-11H2,(H,25,26). The summed E-state index contributed by atoms with van der Waals surface area (Å²) in [7, 11) is 0. The highest BCUT2D eigenvalue weighted by Crippen LogP contribution is 2.31. The summed E-state index contributed by atoms with van der Waals surface area (Å²) in [5.41, 5.74) is 2.56. The molecule has 140 valence electrons. The number of carboxylic acids is 1. The maximum Gasteiger partial charge on any atom is 0.335 e. The monoisotopic (exact) mass is 386 g/mol. The Bertz CT molecular complexity index is 911. The van der Waals surface area contributed by atoms with E-state index in [-0.39, 0.29) is 11.5 Å². The Morgan fingerprint density at radius 1 is 1.22 bits per heavy atom. The second-order valence-electron chi connectivity index (χ2n) is 7.03. The molecule has 0 radical (unpaired) electrons. The van der Waals surface area contributed by atoms with E-state index in [4.69, 9.17) is 21.4 Å². The fraction of sp³-hybridized carbons (Fsp3) is 0.350. The Labute approximate surface area is 161 Å². The molecule has 2 aromatic rings. The topological polar surface area (TPSA) is 79.7 Å². The van der Waals surface area contributed by atoms with Gasteiger partial charge in [0.2, 0.25) is 5.88 Å². The number of aromatic nitrogens is 1. The number of amides is 1. The van der Waals surface area contributed by atoms with Crippen molar-refractivity contribution in [3.63, 3.8) is 0 Å². The van der Waals surface area contributed by atoms with Gasteiger partial charge < -0.3 is 14.7 Å². The van der Waals surface area contributed by atoms with E-state index in [0.717, 1.165) is 11.1 Å². The highest BCUT2D eigenvalue weighted by molar-refractivity contribution is 6.32. The third-order valence-electron chi connectivity index (χ3n) is 4.96. The van der Waals surface area contributed by atoms with Gasteiger partial charge in [0, 0.05) is 19.3 Å². The fourth-order valence-electron chi connectivity index (χ4n) is 3.18. The number of carboxylic acid groups (broad SMARTS) is 1. The van der Waals surface area contributed by atoms with Crippen LogP contribution in [0.2, 0.25) is 5.02 Å². The molecule has 0 unspecified atom stereocenters. The van der Waals surface area contributed by atoms with Crippen molar-refractivity contribution in [1.82, 2.24) is 9.88 Å². The third kappa shape index (κ3) is 3.90. The Kier molecular flexibility index (Phi) is 4.74. The van der Waals surface area contributed by atoms with E-state index in [2.05, 4.69) is 4.98 Å². The summed E-state index contributed by atoms with van der Waals surface area (Å²) < 4.78 is 5.60. The van der Waals surface area contributed by atoms with Gasteiger partial charge in [-0.15, -0.1) is 0 Å². The normalized spacial score (nSPS) is 16.0. The number of fused-ring (bicyclic) bond motifs is 1. The number of pyridine rings is 1. The molecule has 1 aliphatic carbocycles. The summed E-state index contributed by atoms with van der Waals surface area (Å²) >= 11 is 6.23. The van der Waals surface area contributed by atoms with Crippen LogP contribution in [0.1, 0.15) is 44.7 Å². The predicted octanol–water partition coefficient (Wildman–Crippen LogP) is 3.42. The number of hydrogen-bond acceptors (Lipinski definition) is 4. The van der Waals surface area contributed by atoms with Gasteiger partial charge in [0.15, 0.2) is 0 Å². The lowest BCUT2D eigenvalue weighted by Crippen LogP contribution is -2.36. The molecule has 6 nitrogen and oxygen atoms in total. The van der Waals surface area contributed by atoms with Gasteiger partial charge in [-0.2, -0.15) is 0 Å². The fourth-order valence-corrected chi connectivity index (χ4v) is 3.40. The summed E-state index contributed by atoms with van der Waals surface area (Å²) in [6.07, 6.45) is 4.52. The van der Waals surface area contributed by atoms with E-state index in [9.17, 15) is 9.59 Å². The first-order chi connectivity index (χ1) is 13.0. The SMILES string of the molecule is O=C(O)c1ccc2c(c1)CN(C(=O)c1cnc(OCC3CC3)c(Cl)c1)CC2. The summed E-state index contributed by atoms with van der Waals surface area (Å²) in [6, 6.07) is 6.65. The molecule has 0 atom stereocenters. The number of ether oxygens (including phenoxy) is 1. The van der Waals surface area contributed by atoms with Crippen molar-refractivity contribution in [3.8, 4) is 5.88 Å². The van der Waals surface area contributed by atoms with Crippen LogP contribution < -0.4 is 4.74 Å². The molecule has 4 rings (SSSR count). The van der Waals surface area contributed by atoms with Crippen molar-refractivity contribution in [2.75, 3.05) is 13.2 Å². The number of carbonyl (C=O) groups excluding carboxylic acids is 1. The molecule has 1 N–H and O–H groups in total. The molecule has 1 aliphatic heterocycles. The molecule has 27 heavy (non-hydrogen) atoms. The van der Waals surface area contributed by atoms with Gasteiger partial charge in [-0.05, 0) is 54.5 Å². The molecular weight excluding hydrogens is 368 g/mol. The highest BCUT2D eigenvalue weighted by atomic mass is 35.5. The summed E-state index contributed by atoms with van der Waals surface area (Å²) in [4.78, 5) is 29.9. The molecule has 0 saturated heterocycles. The Morgan fingerprint density at radius 3 is 2.74 bits per heavy atom. The average Bonchev–Trinajstić information content (AvgIpc) is 3.50. The predicted molar refractivity (Wildman–Crippen MR) is 99.3 cm³/mol. The van der Waals surface area contributed by atoms with Gasteiger partial charge in [-0.25, -0.2) is 9.78 Å². The van der Waals surface area contributed by atoms with E-state index < -0.39 is 5.97 Å². The van der Waals surface area contributed by atoms with Crippen molar-refractivity contribution in [1.29, 1.82) is 0 Å². The van der Waals surface area contributed by atoms with Gasteiger partial charge in [0.05, 0.1) is 17.7 Å². The molecule has 7 heteroatoms. The lowest BCUT2D eigenvalue weighted by atomic mass is 9.97. The van der Waals surface area contributed by atoms with E-state index in [1.54, 1.807) is 23.1 Å². The van der Waals surface area contributed by atoms with E-state index in [1.165, 1.54) is 19.0 Å². The first-order valence-electron chi connectivity index (χ1n) is 8.94. The molecule has 1 saturated carbocycles. The lowest BCUT2D eigenvalue weighted by molar-refractivity contribution is 0.0696. The van der Waals surface area contributed by atoms with Crippen LogP contribution >= 0.6 is 11.6 Å². The summed E-state index contributed by atoms with van der Waals surface area (Å²) in [5, 5.41) is 9.49. The van der Waals surface area contributed by atoms with Crippen molar-refractivity contribution in [2.24, 2.45) is 5.92 Å². The molecule has 1 aromatic carbocycles. The van der Waals surface area contributed by atoms with Crippen LogP contribution in [-0.4, -0.2) is 40.0 Å². The number of benzene rings is 1. The molecule has 1 fully saturated rings. The van der Waals surface area contributed by atoms with Gasteiger partial charge in [-0.1, -0.05) is 17.7 Å². The largest absolute Gasteiger partial charge is 0.478 e. The molecule has 2 aliphatic rings. The number of rotatable bonds is 5. The zero-order valence-corrected chi connectivity index (χ0v) is 15.4. The Hall–Kier alpha value is -2.60. The first-order valence-corrected chi connectivity index (χ1v) is 9.32. The number of nitrogens with zero attached hydrogens (tertiary/aromatic N) is 2. The maximum atomic E-state index is 12.8. The molecule has 1 aromatic heterocycles. The van der Waals surface area contributed by atoms with Gasteiger partial charge in [0.25, 0.3) is 5.91 Å². The third-order valence-corrected chi connectivity index (χ3v) is 5.23. The number of carbonyl (C=O) groups is 2. The van der Waals surface area contributed by atoms with Crippen molar-refractivity contribution < 1.29 is 19.4 Å². The van der Waals surface area contributed by atoms with Crippen LogP contribution in [0.25, 0.3) is 0 Å². The van der Waals surface area contributed by atoms with Gasteiger partial charge in [0.1, 0.15) is 5.02 Å². The Balaban J connectivity index is 1.48. The Morgan fingerprint density at radius 2 is 2.04 bits per heavy atom. The quantitative estimate of drug-likeness (QED) is 0.851. The molecule has 2 heterocycles. The minimum atomic E-state index is -0.973. The van der Waals surface area contributed by atoms with Crippen molar-refractivity contribution in [2.45, 2.75) is 25.8 Å². The second kappa shape index (κ2) is 7.19. The van der Waals surface area contributed by atoms with Crippen molar-refractivity contribution in [3.05, 3.63) is 57.7 Å². The van der Waals surface area contributed by atoms with E-state index in [0.29, 0.717) is 48.5 Å². The van der Waals surface area contributed by atoms with Crippen LogP contribution in [0.4, 0.5) is 0 Å². The van der Waals surface area contributed by atoms with Crippen LogP contribution in [0.15, 0.2) is 30.5 Å². The smallest absolute Gasteiger partial charge is 0.335 e. The molecule has 0 spiro atoms. The minimum Gasteiger partial charge on any atom is -0.478 e. The van der Waals surface area contributed by atoms with E-state index >= 15 is 0 Å². The molecule has 1 amide bonds. The van der Waals surface area contributed by atoms with E-state index in [1.807, 2.05) is 6.07 Å². The van der Waals surface area contributed by atoms with Crippen molar-refractivity contribution >= 4 is 23.5 Å². The minimum absolute atomic E-state index is 0.176. The van der Waals surface area contributed by atoms with Crippen LogP contribution in [-0.2, 0) is 13.0 Å². The second-order valence-corrected chi connectivity index (χ2v) is 7.44. The number of hydrogen-bond donors (Lipinski definition) is 1. The molecular formula is C20H19ClN2O4. The number of halogens is 1. The lowest BCUT2D eigenvalue weighted by Gasteiger charge is -2.29. The summed E-state index contributed by atoms with van der Waals surface area (Å²) in [6.45, 7) is 1.54. The molecule has 0 bridgehead atoms. The zero-order valence-electron chi connectivity index (χ0n) is 14.7. The van der Waals surface area contributed by atoms with Gasteiger partial charge in [-0.3, -0.25) is 4.79 Å². The zero-order chi connectivity index (χ0) is 19.0. The summed E-state index contributed by atoms with van der Waals surface area (Å²) in [5.74, 6) is -0.202. The maximum absolute atomic E-state index is 12.8. The average molecular weight is 387 g/mol. The van der Waals surface area contributed by atoms with Gasteiger partial charge >= 0.3 is 5.97 Å². The van der Waals surface area contributed by atoms with Crippen LogP contribution in [0, 0.1) is 5.92 Å².